The molecular weight excluding hydrogens is 239 g/mol. The van der Waals surface area contributed by atoms with E-state index < -0.39 is 17.9 Å². The molecule has 0 bridgehead atoms. The Morgan fingerprint density at radius 2 is 2.28 bits per heavy atom. The number of rotatable bonds is 4. The van der Waals surface area contributed by atoms with Crippen molar-refractivity contribution in [2.45, 2.75) is 25.9 Å². The number of imidazole rings is 1. The SMILES string of the molecule is CC(O)CCc1nc2c(C(=O)O)cc(F)cc2[nH]1. The van der Waals surface area contributed by atoms with Gasteiger partial charge in [-0.25, -0.2) is 14.2 Å². The number of aromatic amines is 1. The first kappa shape index (κ1) is 12.5. The third kappa shape index (κ3) is 2.48. The summed E-state index contributed by atoms with van der Waals surface area (Å²) in [7, 11) is 0. The Bertz CT molecular complexity index is 592. The van der Waals surface area contributed by atoms with Crippen molar-refractivity contribution in [3.05, 3.63) is 29.3 Å². The summed E-state index contributed by atoms with van der Waals surface area (Å²) in [5, 5.41) is 18.2. The van der Waals surface area contributed by atoms with Crippen molar-refractivity contribution in [1.29, 1.82) is 0 Å². The van der Waals surface area contributed by atoms with Crippen LogP contribution in [0.1, 0.15) is 29.5 Å². The van der Waals surface area contributed by atoms with Crippen molar-refractivity contribution in [1.82, 2.24) is 9.97 Å². The second-order valence-electron chi connectivity index (χ2n) is 4.23. The van der Waals surface area contributed by atoms with Gasteiger partial charge in [-0.1, -0.05) is 0 Å². The summed E-state index contributed by atoms with van der Waals surface area (Å²) >= 11 is 0. The molecule has 0 amide bonds. The normalized spacial score (nSPS) is 12.8. The molecule has 0 saturated carbocycles. The first-order valence-electron chi connectivity index (χ1n) is 5.57. The summed E-state index contributed by atoms with van der Waals surface area (Å²) in [6, 6.07) is 2.16. The van der Waals surface area contributed by atoms with Crippen LogP contribution in [0.15, 0.2) is 12.1 Å². The summed E-state index contributed by atoms with van der Waals surface area (Å²) in [6.45, 7) is 1.66. The molecule has 3 N–H and O–H groups in total. The van der Waals surface area contributed by atoms with E-state index in [1.807, 2.05) is 0 Å². The number of aromatic nitrogens is 2. The van der Waals surface area contributed by atoms with Crippen LogP contribution in [0.4, 0.5) is 4.39 Å². The molecule has 5 nitrogen and oxygen atoms in total. The first-order valence-corrected chi connectivity index (χ1v) is 5.57. The van der Waals surface area contributed by atoms with E-state index in [4.69, 9.17) is 5.11 Å². The molecule has 1 unspecified atom stereocenters. The fourth-order valence-electron chi connectivity index (χ4n) is 1.76. The number of aliphatic hydroxyl groups excluding tert-OH is 1. The Kier molecular flexibility index (Phi) is 3.29. The van der Waals surface area contributed by atoms with Gasteiger partial charge in [0.25, 0.3) is 0 Å². The summed E-state index contributed by atoms with van der Waals surface area (Å²) in [6.07, 6.45) is 0.520. The minimum absolute atomic E-state index is 0.162. The number of hydrogen-bond donors (Lipinski definition) is 3. The maximum Gasteiger partial charge on any atom is 0.338 e. The number of carboxylic acid groups (broad SMARTS) is 1. The van der Waals surface area contributed by atoms with Gasteiger partial charge in [0.1, 0.15) is 17.2 Å². The fourth-order valence-corrected chi connectivity index (χ4v) is 1.76. The lowest BCUT2D eigenvalue weighted by Gasteiger charge is -1.99. The van der Waals surface area contributed by atoms with Gasteiger partial charge >= 0.3 is 5.97 Å². The second-order valence-corrected chi connectivity index (χ2v) is 4.23. The molecule has 6 heteroatoms. The average Bonchev–Trinajstić information content (AvgIpc) is 2.67. The molecule has 0 saturated heterocycles. The predicted octanol–water partition coefficient (Wildman–Crippen LogP) is 1.71. The zero-order valence-electron chi connectivity index (χ0n) is 9.77. The standard InChI is InChI=1S/C12H13FN2O3/c1-6(16)2-3-10-14-9-5-7(13)4-8(12(17)18)11(9)15-10/h4-6,16H,2-3H2,1H3,(H,14,15)(H,17,18). The van der Waals surface area contributed by atoms with Crippen LogP contribution < -0.4 is 0 Å². The summed E-state index contributed by atoms with van der Waals surface area (Å²) in [4.78, 5) is 18.0. The molecule has 96 valence electrons. The quantitative estimate of drug-likeness (QED) is 0.773. The lowest BCUT2D eigenvalue weighted by Crippen LogP contribution is -2.02. The van der Waals surface area contributed by atoms with Crippen LogP contribution in [0.25, 0.3) is 11.0 Å². The molecule has 1 heterocycles. The zero-order valence-corrected chi connectivity index (χ0v) is 9.77. The lowest BCUT2D eigenvalue weighted by molar-refractivity contribution is 0.0698. The molecule has 1 aromatic heterocycles. The molecular formula is C12H13FN2O3. The minimum Gasteiger partial charge on any atom is -0.478 e. The van der Waals surface area contributed by atoms with Crippen LogP contribution in [-0.2, 0) is 6.42 Å². The Hall–Kier alpha value is -1.95. The summed E-state index contributed by atoms with van der Waals surface area (Å²) < 4.78 is 13.2. The molecule has 0 fully saturated rings. The number of aliphatic hydroxyl groups is 1. The third-order valence-electron chi connectivity index (χ3n) is 2.63. The van der Waals surface area contributed by atoms with Gasteiger partial charge in [-0.3, -0.25) is 0 Å². The van der Waals surface area contributed by atoms with Gasteiger partial charge in [0, 0.05) is 6.42 Å². The Morgan fingerprint density at radius 1 is 1.56 bits per heavy atom. The van der Waals surface area contributed by atoms with E-state index in [9.17, 15) is 14.3 Å². The van der Waals surface area contributed by atoms with Crippen molar-refractivity contribution in [2.75, 3.05) is 0 Å². The number of hydrogen-bond acceptors (Lipinski definition) is 3. The van der Waals surface area contributed by atoms with E-state index in [2.05, 4.69) is 9.97 Å². The van der Waals surface area contributed by atoms with E-state index >= 15 is 0 Å². The Balaban J connectivity index is 2.43. The van der Waals surface area contributed by atoms with Gasteiger partial charge < -0.3 is 15.2 Å². The van der Waals surface area contributed by atoms with E-state index in [0.717, 1.165) is 6.07 Å². The van der Waals surface area contributed by atoms with Gasteiger partial charge in [0.2, 0.25) is 0 Å². The van der Waals surface area contributed by atoms with Gasteiger partial charge in [-0.2, -0.15) is 0 Å². The molecule has 2 rings (SSSR count). The number of nitrogens with zero attached hydrogens (tertiary/aromatic N) is 1. The molecule has 1 aromatic carbocycles. The maximum atomic E-state index is 13.2. The molecule has 0 aliphatic carbocycles. The van der Waals surface area contributed by atoms with Gasteiger partial charge in [-0.05, 0) is 25.5 Å². The smallest absolute Gasteiger partial charge is 0.338 e. The first-order chi connectivity index (χ1) is 8.47. The van der Waals surface area contributed by atoms with Crippen LogP contribution >= 0.6 is 0 Å². The van der Waals surface area contributed by atoms with Gasteiger partial charge in [-0.15, -0.1) is 0 Å². The third-order valence-corrected chi connectivity index (χ3v) is 2.63. The number of nitrogens with one attached hydrogen (secondary N) is 1. The molecule has 18 heavy (non-hydrogen) atoms. The van der Waals surface area contributed by atoms with Crippen molar-refractivity contribution in [3.8, 4) is 0 Å². The van der Waals surface area contributed by atoms with Crippen LogP contribution in [0.2, 0.25) is 0 Å². The second kappa shape index (κ2) is 4.73. The Labute approximate surface area is 102 Å². The molecule has 0 radical (unpaired) electrons. The van der Waals surface area contributed by atoms with Crippen LogP contribution in [0.3, 0.4) is 0 Å². The monoisotopic (exact) mass is 252 g/mol. The summed E-state index contributed by atoms with van der Waals surface area (Å²) in [5.41, 5.74) is 0.432. The van der Waals surface area contributed by atoms with Crippen LogP contribution in [-0.4, -0.2) is 32.3 Å². The van der Waals surface area contributed by atoms with Crippen molar-refractivity contribution < 1.29 is 19.4 Å². The molecule has 0 spiro atoms. The lowest BCUT2D eigenvalue weighted by atomic mass is 10.2. The van der Waals surface area contributed by atoms with Crippen molar-refractivity contribution in [2.24, 2.45) is 0 Å². The average molecular weight is 252 g/mol. The van der Waals surface area contributed by atoms with Crippen LogP contribution in [0, 0.1) is 5.82 Å². The highest BCUT2D eigenvalue weighted by molar-refractivity contribution is 6.00. The van der Waals surface area contributed by atoms with Crippen molar-refractivity contribution >= 4 is 17.0 Å². The number of fused-ring (bicyclic) bond motifs is 1. The fraction of sp³-hybridized carbons (Fsp3) is 0.333. The predicted molar refractivity (Wildman–Crippen MR) is 63.0 cm³/mol. The molecule has 1 atom stereocenters. The van der Waals surface area contributed by atoms with E-state index in [1.54, 1.807) is 6.92 Å². The molecule has 0 aliphatic rings. The Morgan fingerprint density at radius 3 is 2.89 bits per heavy atom. The highest BCUT2D eigenvalue weighted by Gasteiger charge is 2.15. The van der Waals surface area contributed by atoms with E-state index in [1.165, 1.54) is 6.07 Å². The number of carbonyl (C=O) groups is 1. The van der Waals surface area contributed by atoms with Crippen molar-refractivity contribution in [3.63, 3.8) is 0 Å². The number of aromatic carboxylic acids is 1. The number of halogens is 1. The number of benzene rings is 1. The molecule has 0 aliphatic heterocycles. The molecule has 2 aromatic rings. The van der Waals surface area contributed by atoms with E-state index in [0.29, 0.717) is 24.2 Å². The highest BCUT2D eigenvalue weighted by Crippen LogP contribution is 2.19. The van der Waals surface area contributed by atoms with Gasteiger partial charge in [0.15, 0.2) is 0 Å². The zero-order chi connectivity index (χ0) is 13.3. The number of H-pyrrole nitrogens is 1. The van der Waals surface area contributed by atoms with Crippen LogP contribution in [0.5, 0.6) is 0 Å². The number of aryl methyl sites for hydroxylation is 1. The summed E-state index contributed by atoms with van der Waals surface area (Å²) in [5.74, 6) is -1.29. The minimum atomic E-state index is -1.21. The maximum absolute atomic E-state index is 13.2. The largest absolute Gasteiger partial charge is 0.478 e. The van der Waals surface area contributed by atoms with Gasteiger partial charge in [0.05, 0.1) is 17.2 Å². The number of carboxylic acids is 1. The topological polar surface area (TPSA) is 86.2 Å². The van der Waals surface area contributed by atoms with E-state index in [-0.39, 0.29) is 11.1 Å². The highest BCUT2D eigenvalue weighted by atomic mass is 19.1.